The van der Waals surface area contributed by atoms with Crippen molar-refractivity contribution in [1.29, 1.82) is 0 Å². The molecule has 0 aromatic rings. The zero-order chi connectivity index (χ0) is 28.2. The molecule has 2 saturated heterocycles. The molecule has 2 unspecified atom stereocenters. The van der Waals surface area contributed by atoms with Gasteiger partial charge in [-0.1, -0.05) is 26.3 Å². The van der Waals surface area contributed by atoms with Gasteiger partial charge >= 0.3 is 17.9 Å². The first-order valence-electron chi connectivity index (χ1n) is 13.1. The van der Waals surface area contributed by atoms with Crippen molar-refractivity contribution in [2.24, 2.45) is 34.5 Å². The van der Waals surface area contributed by atoms with Gasteiger partial charge in [-0.2, -0.15) is 0 Å². The SMILES string of the molecule is CCC(C)(OC(C)=O)C(=O)OC1C(=O)O[C@@H]2C[C@H]3C(C)=CC(=O)[C@@H](O)[C@]3(C)[C@H]3[C@@]4(O)OC[C@]32[C@@H]1[C@@H](C)[C@H]4O. The van der Waals surface area contributed by atoms with Gasteiger partial charge in [-0.25, -0.2) is 9.59 Å². The van der Waals surface area contributed by atoms with Crippen molar-refractivity contribution in [2.45, 2.75) is 90.2 Å². The summed E-state index contributed by atoms with van der Waals surface area (Å²) in [5.41, 5.74) is -3.44. The second-order valence-electron chi connectivity index (χ2n) is 12.2. The third-order valence-electron chi connectivity index (χ3n) is 10.3. The topological polar surface area (TPSA) is 166 Å². The number of esters is 3. The largest absolute Gasteiger partial charge is 0.459 e. The number of hydrogen-bond acceptors (Lipinski definition) is 11. The first-order chi connectivity index (χ1) is 17.6. The van der Waals surface area contributed by atoms with Gasteiger partial charge in [0, 0.05) is 29.6 Å². The average molecular weight is 537 g/mol. The monoisotopic (exact) mass is 536 g/mol. The van der Waals surface area contributed by atoms with Gasteiger partial charge in [0.2, 0.25) is 11.7 Å². The van der Waals surface area contributed by atoms with E-state index >= 15 is 0 Å². The van der Waals surface area contributed by atoms with Crippen molar-refractivity contribution in [2.75, 3.05) is 6.61 Å². The van der Waals surface area contributed by atoms with Gasteiger partial charge in [-0.15, -0.1) is 0 Å². The van der Waals surface area contributed by atoms with E-state index in [0.717, 1.165) is 6.92 Å². The second kappa shape index (κ2) is 8.33. The number of hydrogen-bond donors (Lipinski definition) is 3. The molecule has 38 heavy (non-hydrogen) atoms. The number of aliphatic hydroxyl groups is 3. The molecule has 3 N–H and O–H groups in total. The lowest BCUT2D eigenvalue weighted by Gasteiger charge is -2.68. The van der Waals surface area contributed by atoms with Gasteiger partial charge in [-0.3, -0.25) is 9.59 Å². The van der Waals surface area contributed by atoms with E-state index in [2.05, 4.69) is 0 Å². The van der Waals surface area contributed by atoms with Crippen molar-refractivity contribution in [3.05, 3.63) is 11.6 Å². The molecule has 5 aliphatic rings. The summed E-state index contributed by atoms with van der Waals surface area (Å²) in [7, 11) is 0. The Morgan fingerprint density at radius 1 is 1.26 bits per heavy atom. The molecule has 0 aromatic carbocycles. The fourth-order valence-corrected chi connectivity index (χ4v) is 8.55. The molecule has 12 atom stereocenters. The van der Waals surface area contributed by atoms with E-state index in [-0.39, 0.29) is 19.4 Å². The highest BCUT2D eigenvalue weighted by Crippen LogP contribution is 2.73. The van der Waals surface area contributed by atoms with Gasteiger partial charge in [-0.05, 0) is 44.6 Å². The zero-order valence-electron chi connectivity index (χ0n) is 22.4. The molecule has 0 aromatic heterocycles. The minimum atomic E-state index is -2.14. The van der Waals surface area contributed by atoms with Crippen LogP contribution in [0, 0.1) is 34.5 Å². The molecule has 2 heterocycles. The number of ether oxygens (including phenoxy) is 4. The van der Waals surface area contributed by atoms with Crippen molar-refractivity contribution in [3.63, 3.8) is 0 Å². The number of allylic oxidation sites excluding steroid dienone is 1. The number of carbonyl (C=O) groups excluding carboxylic acids is 4. The van der Waals surface area contributed by atoms with Crippen molar-refractivity contribution in [1.82, 2.24) is 0 Å². The number of carbonyl (C=O) groups is 4. The van der Waals surface area contributed by atoms with Gasteiger partial charge in [0.05, 0.1) is 6.61 Å². The van der Waals surface area contributed by atoms with Crippen LogP contribution in [0.1, 0.15) is 54.4 Å². The van der Waals surface area contributed by atoms with E-state index < -0.39 is 94.0 Å². The molecule has 11 nitrogen and oxygen atoms in total. The fourth-order valence-electron chi connectivity index (χ4n) is 8.55. The maximum atomic E-state index is 13.5. The molecule has 4 fully saturated rings. The first kappa shape index (κ1) is 27.2. The summed E-state index contributed by atoms with van der Waals surface area (Å²) >= 11 is 0. The maximum Gasteiger partial charge on any atom is 0.351 e. The minimum Gasteiger partial charge on any atom is -0.459 e. The van der Waals surface area contributed by atoms with Crippen LogP contribution in [-0.2, 0) is 38.1 Å². The van der Waals surface area contributed by atoms with Gasteiger partial charge in [0.1, 0.15) is 18.3 Å². The molecule has 11 heteroatoms. The molecule has 2 bridgehead atoms. The lowest BCUT2D eigenvalue weighted by Crippen LogP contribution is -2.78. The summed E-state index contributed by atoms with van der Waals surface area (Å²) in [6.07, 6.45) is -3.63. The van der Waals surface area contributed by atoms with Crippen LogP contribution in [0.3, 0.4) is 0 Å². The van der Waals surface area contributed by atoms with E-state index in [0.29, 0.717) is 5.57 Å². The summed E-state index contributed by atoms with van der Waals surface area (Å²) < 4.78 is 22.9. The average Bonchev–Trinajstić information content (AvgIpc) is 3.13. The lowest BCUT2D eigenvalue weighted by molar-refractivity contribution is -0.340. The Kier molecular flexibility index (Phi) is 5.97. The molecule has 2 saturated carbocycles. The fraction of sp³-hybridized carbons (Fsp3) is 0.778. The molecular formula is C27H36O11. The minimum absolute atomic E-state index is 0.0783. The molecule has 1 spiro atoms. The molecule has 0 radical (unpaired) electrons. The molecule has 210 valence electrons. The van der Waals surface area contributed by atoms with Crippen molar-refractivity contribution < 1.29 is 53.4 Å². The standard InChI is InChI=1S/C27H36O11/c1-7-24(5,38-13(4)28)23(33)37-18-17-12(3)19(30)27(34)22-25(6)14(11(2)8-15(29)20(25)31)9-16(36-21(18)32)26(17,22)10-35-27/h8,12,14,16-20,22,30-31,34H,7,9-10H2,1-6H3/t12-,14+,16-,17-,18?,19-,20-,22-,24?,25-,26+,27+/m1/s1. The van der Waals surface area contributed by atoms with E-state index in [1.807, 2.05) is 0 Å². The Morgan fingerprint density at radius 3 is 2.53 bits per heavy atom. The predicted octanol–water partition coefficient (Wildman–Crippen LogP) is 0.420. The van der Waals surface area contributed by atoms with Crippen LogP contribution >= 0.6 is 0 Å². The highest BCUT2D eigenvalue weighted by atomic mass is 16.7. The Balaban J connectivity index is 1.64. The van der Waals surface area contributed by atoms with Crippen LogP contribution in [-0.4, -0.2) is 81.4 Å². The second-order valence-corrected chi connectivity index (χ2v) is 12.2. The van der Waals surface area contributed by atoms with Gasteiger partial charge < -0.3 is 34.3 Å². The van der Waals surface area contributed by atoms with E-state index in [1.54, 1.807) is 27.7 Å². The Hall–Kier alpha value is -2.34. The van der Waals surface area contributed by atoms with Crippen LogP contribution in [0.2, 0.25) is 0 Å². The summed E-state index contributed by atoms with van der Waals surface area (Å²) in [6, 6.07) is 0. The molecule has 3 aliphatic carbocycles. The van der Waals surface area contributed by atoms with Crippen LogP contribution in [0.4, 0.5) is 0 Å². The third kappa shape index (κ3) is 3.16. The molecular weight excluding hydrogens is 500 g/mol. The summed E-state index contributed by atoms with van der Waals surface area (Å²) in [5.74, 6) is -8.29. The van der Waals surface area contributed by atoms with Crippen LogP contribution < -0.4 is 0 Å². The van der Waals surface area contributed by atoms with Crippen molar-refractivity contribution in [3.8, 4) is 0 Å². The Morgan fingerprint density at radius 2 is 1.92 bits per heavy atom. The quantitative estimate of drug-likeness (QED) is 0.337. The van der Waals surface area contributed by atoms with Crippen LogP contribution in [0.5, 0.6) is 0 Å². The predicted molar refractivity (Wildman–Crippen MR) is 127 cm³/mol. The van der Waals surface area contributed by atoms with E-state index in [1.165, 1.54) is 13.0 Å². The highest BCUT2D eigenvalue weighted by Gasteiger charge is 2.83. The number of ketones is 1. The summed E-state index contributed by atoms with van der Waals surface area (Å²) in [4.78, 5) is 51.3. The smallest absolute Gasteiger partial charge is 0.351 e. The summed E-state index contributed by atoms with van der Waals surface area (Å²) in [6.45, 7) is 9.12. The van der Waals surface area contributed by atoms with E-state index in [4.69, 9.17) is 18.9 Å². The molecule has 5 rings (SSSR count). The lowest BCUT2D eigenvalue weighted by atomic mass is 9.38. The van der Waals surface area contributed by atoms with Gasteiger partial charge in [0.15, 0.2) is 11.6 Å². The van der Waals surface area contributed by atoms with Gasteiger partial charge in [0.25, 0.3) is 0 Å². The zero-order valence-corrected chi connectivity index (χ0v) is 22.4. The Bertz CT molecular complexity index is 1130. The number of rotatable bonds is 4. The maximum absolute atomic E-state index is 13.5. The Labute approximate surface area is 220 Å². The molecule has 0 amide bonds. The first-order valence-corrected chi connectivity index (χ1v) is 13.1. The highest BCUT2D eigenvalue weighted by molar-refractivity contribution is 5.96. The third-order valence-corrected chi connectivity index (χ3v) is 10.3. The normalized spacial score (nSPS) is 48.6. The number of aliphatic hydroxyl groups excluding tert-OH is 2. The van der Waals surface area contributed by atoms with E-state index in [9.17, 15) is 34.5 Å². The van der Waals surface area contributed by atoms with Crippen molar-refractivity contribution >= 4 is 23.7 Å². The number of fused-ring (bicyclic) bond motifs is 1. The van der Waals surface area contributed by atoms with Crippen LogP contribution in [0.25, 0.3) is 0 Å². The molecule has 2 aliphatic heterocycles. The summed E-state index contributed by atoms with van der Waals surface area (Å²) in [5, 5.41) is 34.6. The van der Waals surface area contributed by atoms with Crippen LogP contribution in [0.15, 0.2) is 11.6 Å².